The number of hydrogen-bond donors (Lipinski definition) is 3. The van der Waals surface area contributed by atoms with E-state index in [1.165, 1.54) is 0 Å². The molecule has 0 spiro atoms. The van der Waals surface area contributed by atoms with E-state index >= 15 is 0 Å². The van der Waals surface area contributed by atoms with Gasteiger partial charge in [-0.25, -0.2) is 4.98 Å². The molecule has 0 unspecified atom stereocenters. The van der Waals surface area contributed by atoms with Gasteiger partial charge in [0.2, 0.25) is 0 Å². The number of hydrogen-bond acceptors (Lipinski definition) is 5. The molecule has 0 atom stereocenters. The Morgan fingerprint density at radius 3 is 2.82 bits per heavy atom. The summed E-state index contributed by atoms with van der Waals surface area (Å²) in [5.41, 5.74) is 3.17. The molecular formula is C6H9N3O2. The van der Waals surface area contributed by atoms with Crippen LogP contribution in [0, 0.1) is 6.92 Å². The van der Waals surface area contributed by atoms with Crippen molar-refractivity contribution in [3.8, 4) is 0 Å². The number of aryl methyl sites for hydroxylation is 1. The maximum Gasteiger partial charge on any atom is 0.144 e. The number of nitrogens with zero attached hydrogens (tertiary/aromatic N) is 2. The highest BCUT2D eigenvalue weighted by molar-refractivity contribution is 5.35. The molecule has 5 heteroatoms. The van der Waals surface area contributed by atoms with Crippen LogP contribution in [0.3, 0.4) is 0 Å². The lowest BCUT2D eigenvalue weighted by Crippen LogP contribution is -2.21. The number of rotatable bonds is 2. The average Bonchev–Trinajstić information content (AvgIpc) is 1.85. The molecule has 0 amide bonds. The molecular weight excluding hydrogens is 146 g/mol. The third-order valence-electron chi connectivity index (χ3n) is 1.13. The highest BCUT2D eigenvalue weighted by atomic mass is 16.8. The molecule has 1 aromatic rings. The molecule has 0 fully saturated rings. The lowest BCUT2D eigenvalue weighted by molar-refractivity contribution is -0.288. The average molecular weight is 155 g/mol. The summed E-state index contributed by atoms with van der Waals surface area (Å²) in [5.74, 6) is 0.384. The SMILES string of the molecule is Cc1ccnc(NN(O)O)c1. The standard InChI is InChI=1S/C6H9N3O2/c1-5-2-3-7-6(4-5)8-9(10)11/h2-4,10-11H,1H3,(H,7,8). The van der Waals surface area contributed by atoms with E-state index in [0.29, 0.717) is 5.82 Å². The zero-order valence-corrected chi connectivity index (χ0v) is 6.02. The highest BCUT2D eigenvalue weighted by Gasteiger charge is 1.95. The summed E-state index contributed by atoms with van der Waals surface area (Å²) in [6.45, 7) is 1.88. The minimum Gasteiger partial charge on any atom is -0.271 e. The molecule has 0 aliphatic heterocycles. The molecule has 3 N–H and O–H groups in total. The molecule has 0 radical (unpaired) electrons. The van der Waals surface area contributed by atoms with Crippen molar-refractivity contribution < 1.29 is 10.4 Å². The zero-order valence-electron chi connectivity index (χ0n) is 6.02. The summed E-state index contributed by atoms with van der Waals surface area (Å²) in [7, 11) is 0. The molecule has 60 valence electrons. The summed E-state index contributed by atoms with van der Waals surface area (Å²) in [5, 5.41) is 16.5. The fourth-order valence-electron chi connectivity index (χ4n) is 0.700. The van der Waals surface area contributed by atoms with E-state index < -0.39 is 0 Å². The summed E-state index contributed by atoms with van der Waals surface area (Å²) in [4.78, 5) is 3.81. The van der Waals surface area contributed by atoms with Gasteiger partial charge >= 0.3 is 0 Å². The molecule has 1 heterocycles. The quantitative estimate of drug-likeness (QED) is 0.551. The Hall–Kier alpha value is -1.17. The van der Waals surface area contributed by atoms with Crippen molar-refractivity contribution in [1.82, 2.24) is 10.3 Å². The molecule has 1 aromatic heterocycles. The Morgan fingerprint density at radius 1 is 1.55 bits per heavy atom. The van der Waals surface area contributed by atoms with Crippen LogP contribution < -0.4 is 5.43 Å². The van der Waals surface area contributed by atoms with Gasteiger partial charge in [0.15, 0.2) is 0 Å². The molecule has 0 aliphatic rings. The van der Waals surface area contributed by atoms with Crippen molar-refractivity contribution in [3.63, 3.8) is 0 Å². The van der Waals surface area contributed by atoms with Crippen LogP contribution in [0.5, 0.6) is 0 Å². The van der Waals surface area contributed by atoms with E-state index in [9.17, 15) is 0 Å². The van der Waals surface area contributed by atoms with Crippen molar-refractivity contribution in [2.24, 2.45) is 0 Å². The smallest absolute Gasteiger partial charge is 0.144 e. The van der Waals surface area contributed by atoms with Crippen molar-refractivity contribution in [2.45, 2.75) is 6.92 Å². The van der Waals surface area contributed by atoms with E-state index in [1.54, 1.807) is 12.3 Å². The monoisotopic (exact) mass is 155 g/mol. The second kappa shape index (κ2) is 3.29. The molecule has 5 nitrogen and oxygen atoms in total. The normalized spacial score (nSPS) is 10.2. The number of nitrogens with one attached hydrogen (secondary N) is 1. The fourth-order valence-corrected chi connectivity index (χ4v) is 0.700. The number of hydrazine groups is 1. The van der Waals surface area contributed by atoms with Gasteiger partial charge in [-0.3, -0.25) is 15.8 Å². The van der Waals surface area contributed by atoms with Gasteiger partial charge < -0.3 is 0 Å². The van der Waals surface area contributed by atoms with E-state index in [1.807, 2.05) is 13.0 Å². The van der Waals surface area contributed by atoms with Gasteiger partial charge in [-0.2, -0.15) is 0 Å². The van der Waals surface area contributed by atoms with Gasteiger partial charge in [0, 0.05) is 11.5 Å². The Labute approximate surface area is 63.8 Å². The second-order valence-electron chi connectivity index (χ2n) is 2.12. The van der Waals surface area contributed by atoms with Crippen LogP contribution in [0.1, 0.15) is 5.56 Å². The van der Waals surface area contributed by atoms with E-state index in [2.05, 4.69) is 10.4 Å². The third-order valence-corrected chi connectivity index (χ3v) is 1.13. The van der Waals surface area contributed by atoms with Crippen molar-refractivity contribution >= 4 is 5.82 Å². The van der Waals surface area contributed by atoms with Crippen molar-refractivity contribution in [1.29, 1.82) is 0 Å². The maximum absolute atomic E-state index is 8.33. The second-order valence-corrected chi connectivity index (χ2v) is 2.12. The number of pyridine rings is 1. The summed E-state index contributed by atoms with van der Waals surface area (Å²) < 4.78 is 0. The molecule has 0 saturated heterocycles. The van der Waals surface area contributed by atoms with Crippen molar-refractivity contribution in [2.75, 3.05) is 5.43 Å². The van der Waals surface area contributed by atoms with Gasteiger partial charge in [-0.05, 0) is 24.6 Å². The third kappa shape index (κ3) is 2.50. The van der Waals surface area contributed by atoms with Crippen LogP contribution in [0.2, 0.25) is 0 Å². The molecule has 0 aliphatic carbocycles. The van der Waals surface area contributed by atoms with Crippen LogP contribution >= 0.6 is 0 Å². The van der Waals surface area contributed by atoms with E-state index in [-0.39, 0.29) is 5.34 Å². The molecule has 0 saturated carbocycles. The molecule has 0 aromatic carbocycles. The number of anilines is 1. The molecule has 1 rings (SSSR count). The van der Waals surface area contributed by atoms with Gasteiger partial charge in [-0.1, -0.05) is 0 Å². The van der Waals surface area contributed by atoms with Crippen molar-refractivity contribution in [3.05, 3.63) is 23.9 Å². The first-order chi connectivity index (χ1) is 5.18. The van der Waals surface area contributed by atoms with Gasteiger partial charge in [-0.15, -0.1) is 0 Å². The number of aromatic nitrogens is 1. The first-order valence-electron chi connectivity index (χ1n) is 3.05. The molecule has 0 bridgehead atoms. The van der Waals surface area contributed by atoms with Crippen LogP contribution in [-0.4, -0.2) is 20.7 Å². The van der Waals surface area contributed by atoms with Gasteiger partial charge in [0.05, 0.1) is 0 Å². The highest BCUT2D eigenvalue weighted by Crippen LogP contribution is 2.04. The summed E-state index contributed by atoms with van der Waals surface area (Å²) in [6.07, 6.45) is 1.57. The first kappa shape index (κ1) is 7.93. The summed E-state index contributed by atoms with van der Waals surface area (Å²) in [6, 6.07) is 3.49. The minimum absolute atomic E-state index is 0.137. The van der Waals surface area contributed by atoms with Crippen LogP contribution in [0.4, 0.5) is 5.82 Å². The Kier molecular flexibility index (Phi) is 2.37. The van der Waals surface area contributed by atoms with E-state index in [4.69, 9.17) is 10.4 Å². The van der Waals surface area contributed by atoms with Crippen LogP contribution in [0.25, 0.3) is 0 Å². The lowest BCUT2D eigenvalue weighted by atomic mass is 10.3. The Bertz CT molecular complexity index is 239. The fraction of sp³-hybridized carbons (Fsp3) is 0.167. The lowest BCUT2D eigenvalue weighted by Gasteiger charge is -2.07. The maximum atomic E-state index is 8.33. The minimum atomic E-state index is -0.137. The predicted octanol–water partition coefficient (Wildman–Crippen LogP) is 0.797. The van der Waals surface area contributed by atoms with Crippen LogP contribution in [-0.2, 0) is 0 Å². The molecule has 11 heavy (non-hydrogen) atoms. The van der Waals surface area contributed by atoms with Gasteiger partial charge in [0.1, 0.15) is 5.82 Å². The predicted molar refractivity (Wildman–Crippen MR) is 38.0 cm³/mol. The first-order valence-corrected chi connectivity index (χ1v) is 3.05. The Morgan fingerprint density at radius 2 is 2.27 bits per heavy atom. The van der Waals surface area contributed by atoms with Crippen LogP contribution in [0.15, 0.2) is 18.3 Å². The Balaban J connectivity index is 2.71. The summed E-state index contributed by atoms with van der Waals surface area (Å²) >= 11 is 0. The van der Waals surface area contributed by atoms with Gasteiger partial charge in [0.25, 0.3) is 0 Å². The topological polar surface area (TPSA) is 68.6 Å². The largest absolute Gasteiger partial charge is 0.271 e. The zero-order chi connectivity index (χ0) is 8.27. The van der Waals surface area contributed by atoms with E-state index in [0.717, 1.165) is 5.56 Å².